The van der Waals surface area contributed by atoms with Crippen LogP contribution in [0.15, 0.2) is 79.4 Å². The zero-order valence-electron chi connectivity index (χ0n) is 22.2. The minimum Gasteiger partial charge on any atom is -0.508 e. The Hall–Kier alpha value is -4.19. The highest BCUT2D eigenvalue weighted by atomic mass is 19.1. The van der Waals surface area contributed by atoms with E-state index in [0.29, 0.717) is 13.1 Å². The first kappa shape index (κ1) is 28.3. The Labute approximate surface area is 235 Å². The van der Waals surface area contributed by atoms with Crippen LogP contribution < -0.4 is 5.43 Å². The molecule has 3 aromatic rings. The van der Waals surface area contributed by atoms with Crippen molar-refractivity contribution in [3.05, 3.63) is 114 Å². The molecule has 3 aromatic carbocycles. The molecule has 0 radical (unpaired) electrons. The summed E-state index contributed by atoms with van der Waals surface area (Å²) < 4.78 is 43.1. The number of benzene rings is 3. The fourth-order valence-corrected chi connectivity index (χ4v) is 5.32. The van der Waals surface area contributed by atoms with E-state index in [2.05, 4.69) is 12.0 Å². The number of fused-ring (bicyclic) bond motifs is 1. The summed E-state index contributed by atoms with van der Waals surface area (Å²) in [6.45, 7) is 4.31. The van der Waals surface area contributed by atoms with E-state index in [0.717, 1.165) is 23.8 Å². The highest BCUT2D eigenvalue weighted by Gasteiger charge is 2.50. The molecule has 214 valence electrons. The third kappa shape index (κ3) is 6.12. The van der Waals surface area contributed by atoms with E-state index in [1.54, 1.807) is 16.2 Å². The number of carbonyl (C=O) groups excluding carboxylic acids is 2. The number of aromatic hydroxyl groups is 1. The van der Waals surface area contributed by atoms with Crippen molar-refractivity contribution in [2.45, 2.75) is 31.7 Å². The summed E-state index contributed by atoms with van der Waals surface area (Å²) in [5, 5.41) is 13.2. The van der Waals surface area contributed by atoms with Gasteiger partial charge >= 0.3 is 0 Å². The van der Waals surface area contributed by atoms with Crippen molar-refractivity contribution < 1.29 is 27.9 Å². The zero-order valence-corrected chi connectivity index (χ0v) is 22.2. The highest BCUT2D eigenvalue weighted by Crippen LogP contribution is 2.30. The molecule has 0 aliphatic carbocycles. The van der Waals surface area contributed by atoms with Gasteiger partial charge < -0.3 is 14.9 Å². The van der Waals surface area contributed by atoms with Crippen LogP contribution in [0.25, 0.3) is 0 Å². The first-order valence-corrected chi connectivity index (χ1v) is 13.2. The quantitative estimate of drug-likeness (QED) is 0.388. The number of phenolic OH excluding ortho intramolecular Hbond substituents is 1. The van der Waals surface area contributed by atoms with Gasteiger partial charge in [0.05, 0.1) is 13.1 Å². The zero-order chi connectivity index (χ0) is 29.1. The number of rotatable bonds is 9. The number of hydrazine groups is 2. The molecule has 5 rings (SSSR count). The molecular weight excluding hydrogens is 535 g/mol. The monoisotopic (exact) mass is 565 g/mol. The van der Waals surface area contributed by atoms with Crippen molar-refractivity contribution in [2.75, 3.05) is 19.6 Å². The Morgan fingerprint density at radius 1 is 0.976 bits per heavy atom. The van der Waals surface area contributed by atoms with Gasteiger partial charge in [-0.3, -0.25) is 9.59 Å². The number of phenols is 1. The Balaban J connectivity index is 1.52. The van der Waals surface area contributed by atoms with E-state index in [4.69, 9.17) is 0 Å². The molecule has 2 atom stereocenters. The van der Waals surface area contributed by atoms with Crippen LogP contribution >= 0.6 is 0 Å². The van der Waals surface area contributed by atoms with Crippen molar-refractivity contribution in [1.29, 1.82) is 0 Å². The van der Waals surface area contributed by atoms with Crippen molar-refractivity contribution in [3.63, 3.8) is 0 Å². The molecule has 2 amide bonds. The topological polar surface area (TPSA) is 79.4 Å². The molecule has 2 saturated heterocycles. The second-order valence-electron chi connectivity index (χ2n) is 10.0. The third-order valence-electron chi connectivity index (χ3n) is 7.28. The number of nitrogens with one attached hydrogen (secondary N) is 1. The summed E-state index contributed by atoms with van der Waals surface area (Å²) >= 11 is 0. The van der Waals surface area contributed by atoms with Crippen LogP contribution in [0.4, 0.5) is 13.2 Å². The molecule has 41 heavy (non-hydrogen) atoms. The van der Waals surface area contributed by atoms with Gasteiger partial charge in [0.1, 0.15) is 35.4 Å². The summed E-state index contributed by atoms with van der Waals surface area (Å²) in [6, 6.07) is 15.3. The number of amides is 2. The Morgan fingerprint density at radius 3 is 2.41 bits per heavy atom. The molecule has 0 aromatic heterocycles. The lowest BCUT2D eigenvalue weighted by Crippen LogP contribution is -2.77. The van der Waals surface area contributed by atoms with Gasteiger partial charge in [0.2, 0.25) is 11.8 Å². The molecule has 2 heterocycles. The van der Waals surface area contributed by atoms with Crippen LogP contribution in [0.3, 0.4) is 0 Å². The van der Waals surface area contributed by atoms with Gasteiger partial charge in [0.25, 0.3) is 0 Å². The van der Waals surface area contributed by atoms with Gasteiger partial charge in [-0.15, -0.1) is 6.58 Å². The lowest BCUT2D eigenvalue weighted by Gasteiger charge is -2.55. The summed E-state index contributed by atoms with van der Waals surface area (Å²) in [4.78, 5) is 30.3. The smallest absolute Gasteiger partial charge is 0.246 e. The van der Waals surface area contributed by atoms with E-state index in [1.165, 1.54) is 28.0 Å². The predicted molar refractivity (Wildman–Crippen MR) is 145 cm³/mol. The van der Waals surface area contributed by atoms with E-state index in [1.807, 2.05) is 30.3 Å². The van der Waals surface area contributed by atoms with Gasteiger partial charge in [-0.25, -0.2) is 23.6 Å². The predicted octanol–water partition coefficient (Wildman–Crippen LogP) is 3.34. The minimum absolute atomic E-state index is 0.00534. The van der Waals surface area contributed by atoms with Gasteiger partial charge in [0.15, 0.2) is 0 Å². The van der Waals surface area contributed by atoms with Gasteiger partial charge in [-0.2, -0.15) is 5.12 Å². The van der Waals surface area contributed by atoms with Gasteiger partial charge in [-0.1, -0.05) is 48.5 Å². The molecule has 11 heteroatoms. The van der Waals surface area contributed by atoms with Crippen molar-refractivity contribution in [1.82, 2.24) is 25.4 Å². The fourth-order valence-electron chi connectivity index (χ4n) is 5.32. The Morgan fingerprint density at radius 2 is 1.71 bits per heavy atom. The molecule has 0 spiro atoms. The normalized spacial score (nSPS) is 19.9. The Kier molecular flexibility index (Phi) is 8.39. The van der Waals surface area contributed by atoms with Crippen molar-refractivity contribution in [2.24, 2.45) is 0 Å². The van der Waals surface area contributed by atoms with Crippen LogP contribution in [0, 0.1) is 17.5 Å². The molecule has 0 unspecified atom stereocenters. The molecular formula is C30H30F3N5O3. The minimum atomic E-state index is -1.12. The third-order valence-corrected chi connectivity index (χ3v) is 7.28. The molecule has 2 N–H and O–H groups in total. The second kappa shape index (κ2) is 12.1. The maximum absolute atomic E-state index is 14.8. The maximum atomic E-state index is 14.8. The van der Waals surface area contributed by atoms with E-state index >= 15 is 0 Å². The maximum Gasteiger partial charge on any atom is 0.246 e. The number of hydrogen-bond donors (Lipinski definition) is 2. The van der Waals surface area contributed by atoms with Crippen LogP contribution in [0.5, 0.6) is 5.75 Å². The number of hydrogen-bond acceptors (Lipinski definition) is 6. The first-order chi connectivity index (χ1) is 19.7. The number of piperazine rings is 1. The standard InChI is InChI=1S/C30H30F3N5O3/c1-2-12-36-19-29(40)37-27(13-21-9-11-24(39)15-26(21)33)30(41)35(17-22-8-10-23(31)14-25(22)32)18-28(37)38(36)34-16-20-6-4-3-5-7-20/h2-11,14-15,27-28,34,39H,1,12-13,16-19H2/t27-,28-/m0/s1. The molecule has 0 bridgehead atoms. The largest absolute Gasteiger partial charge is 0.508 e. The van der Waals surface area contributed by atoms with Gasteiger partial charge in [0, 0.05) is 43.8 Å². The first-order valence-electron chi connectivity index (χ1n) is 13.2. The SMILES string of the molecule is C=CCN1CC(=O)N2[C@@H](Cc3ccc(O)cc3F)C(=O)N(Cc3ccc(F)cc3F)C[C@@H]2N1NCc1ccccc1. The van der Waals surface area contributed by atoms with E-state index in [-0.39, 0.29) is 48.8 Å². The fraction of sp³-hybridized carbons (Fsp3) is 0.267. The molecule has 2 aliphatic rings. The van der Waals surface area contributed by atoms with Crippen molar-refractivity contribution >= 4 is 11.8 Å². The number of carbonyl (C=O) groups is 2. The summed E-state index contributed by atoms with van der Waals surface area (Å²) in [6.07, 6.45) is 0.762. The second-order valence-corrected chi connectivity index (χ2v) is 10.0. The lowest BCUT2D eigenvalue weighted by molar-refractivity contribution is -0.217. The summed E-state index contributed by atoms with van der Waals surface area (Å²) in [5.74, 6) is -3.35. The van der Waals surface area contributed by atoms with E-state index < -0.39 is 35.6 Å². The molecule has 0 saturated carbocycles. The molecule has 2 fully saturated rings. The highest BCUT2D eigenvalue weighted by molar-refractivity contribution is 5.90. The molecule has 8 nitrogen and oxygen atoms in total. The van der Waals surface area contributed by atoms with Crippen LogP contribution in [0.2, 0.25) is 0 Å². The average molecular weight is 566 g/mol. The average Bonchev–Trinajstić information content (AvgIpc) is 2.94. The lowest BCUT2D eigenvalue weighted by atomic mass is 9.98. The van der Waals surface area contributed by atoms with Crippen LogP contribution in [0.1, 0.15) is 16.7 Å². The summed E-state index contributed by atoms with van der Waals surface area (Å²) in [7, 11) is 0. The number of halogens is 3. The molecule has 2 aliphatic heterocycles. The summed E-state index contributed by atoms with van der Waals surface area (Å²) in [5.41, 5.74) is 4.59. The van der Waals surface area contributed by atoms with Gasteiger partial charge in [-0.05, 0) is 23.3 Å². The van der Waals surface area contributed by atoms with Crippen LogP contribution in [-0.2, 0) is 29.1 Å². The van der Waals surface area contributed by atoms with Crippen molar-refractivity contribution in [3.8, 4) is 5.75 Å². The van der Waals surface area contributed by atoms with E-state index in [9.17, 15) is 27.9 Å². The number of nitrogens with zero attached hydrogens (tertiary/aromatic N) is 4. The Bertz CT molecular complexity index is 1440. The van der Waals surface area contributed by atoms with Crippen LogP contribution in [-0.4, -0.2) is 68.7 Å².